The molecule has 0 aliphatic carbocycles. The third kappa shape index (κ3) is 8.50. The molecule has 1 unspecified atom stereocenters. The van der Waals surface area contributed by atoms with Crippen LogP contribution in [0.25, 0.3) is 0 Å². The summed E-state index contributed by atoms with van der Waals surface area (Å²) in [5, 5.41) is 11.1. The summed E-state index contributed by atoms with van der Waals surface area (Å²) in [4.78, 5) is 0. The topological polar surface area (TPSA) is 57.2 Å². The lowest BCUT2D eigenvalue weighted by atomic mass is 9.93. The van der Waals surface area contributed by atoms with Gasteiger partial charge in [0.05, 0.1) is 34.0 Å². The molecule has 2 rings (SSSR count). The van der Waals surface area contributed by atoms with Gasteiger partial charge in [-0.3, -0.25) is 0 Å². The quantitative estimate of drug-likeness (QED) is 0.181. The van der Waals surface area contributed by atoms with E-state index in [4.69, 9.17) is 18.9 Å². The van der Waals surface area contributed by atoms with Crippen molar-refractivity contribution in [3.05, 3.63) is 59.7 Å². The molecular formula is C30H44O5. The summed E-state index contributed by atoms with van der Waals surface area (Å²) < 4.78 is 22.9. The van der Waals surface area contributed by atoms with Gasteiger partial charge in [-0.25, -0.2) is 0 Å². The Hall–Kier alpha value is -2.66. The second kappa shape index (κ2) is 16.1. The van der Waals surface area contributed by atoms with E-state index in [1.807, 2.05) is 12.1 Å². The average Bonchev–Trinajstić information content (AvgIpc) is 2.89. The lowest BCUT2D eigenvalue weighted by molar-refractivity contribution is 0.0579. The van der Waals surface area contributed by atoms with Crippen molar-refractivity contribution in [1.82, 2.24) is 0 Å². The average molecular weight is 485 g/mol. The maximum absolute atomic E-state index is 11.1. The van der Waals surface area contributed by atoms with Crippen molar-refractivity contribution in [3.63, 3.8) is 0 Å². The molecule has 0 heterocycles. The van der Waals surface area contributed by atoms with Crippen LogP contribution in [0.4, 0.5) is 0 Å². The lowest BCUT2D eigenvalue weighted by Crippen LogP contribution is -2.13. The number of hydrogen-bond acceptors (Lipinski definition) is 5. The highest BCUT2D eigenvalue weighted by molar-refractivity contribution is 5.66. The SMILES string of the molecule is C=CCOC(CCCC)CCCCc1c(CCCc2ccccc2)c(O)c(OC)c(OC)c1OC. The highest BCUT2D eigenvalue weighted by atomic mass is 16.5. The van der Waals surface area contributed by atoms with E-state index in [1.54, 1.807) is 21.3 Å². The third-order valence-corrected chi connectivity index (χ3v) is 6.43. The fourth-order valence-electron chi connectivity index (χ4n) is 4.62. The number of rotatable bonds is 18. The third-order valence-electron chi connectivity index (χ3n) is 6.43. The summed E-state index contributed by atoms with van der Waals surface area (Å²) in [5.41, 5.74) is 3.19. The molecule has 194 valence electrons. The van der Waals surface area contributed by atoms with Crippen LogP contribution in [0.5, 0.6) is 23.0 Å². The Morgan fingerprint density at radius 2 is 1.46 bits per heavy atom. The molecule has 0 saturated carbocycles. The van der Waals surface area contributed by atoms with Crippen LogP contribution in [0.1, 0.15) is 68.6 Å². The molecular weight excluding hydrogens is 440 g/mol. The highest BCUT2D eigenvalue weighted by Gasteiger charge is 2.26. The van der Waals surface area contributed by atoms with Crippen molar-refractivity contribution in [3.8, 4) is 23.0 Å². The molecule has 0 amide bonds. The molecule has 0 fully saturated rings. The number of methoxy groups -OCH3 is 3. The molecule has 0 spiro atoms. The number of benzene rings is 2. The zero-order chi connectivity index (χ0) is 25.5. The van der Waals surface area contributed by atoms with E-state index in [-0.39, 0.29) is 11.9 Å². The van der Waals surface area contributed by atoms with Crippen LogP contribution in [-0.2, 0) is 24.0 Å². The molecule has 0 aliphatic heterocycles. The molecule has 0 bridgehead atoms. The van der Waals surface area contributed by atoms with E-state index in [1.165, 1.54) is 18.4 Å². The summed E-state index contributed by atoms with van der Waals surface area (Å²) in [6, 6.07) is 10.4. The van der Waals surface area contributed by atoms with Crippen molar-refractivity contribution in [1.29, 1.82) is 0 Å². The van der Waals surface area contributed by atoms with Crippen molar-refractivity contribution in [2.24, 2.45) is 0 Å². The minimum Gasteiger partial charge on any atom is -0.504 e. The second-order valence-corrected chi connectivity index (χ2v) is 8.88. The van der Waals surface area contributed by atoms with E-state index in [0.29, 0.717) is 23.9 Å². The standard InChI is InChI=1S/C30H44O5/c1-6-8-18-24(35-22-7-2)19-12-13-20-26-25(21-14-17-23-15-10-9-11-16-23)27(31)29(33-4)30(34-5)28(26)32-3/h7,9-11,15-16,24,31H,2,6,8,12-14,17-22H2,1,3-5H3. The normalized spacial score (nSPS) is 11.8. The van der Waals surface area contributed by atoms with Gasteiger partial charge in [-0.15, -0.1) is 6.58 Å². The summed E-state index contributed by atoms with van der Waals surface area (Å²) in [5.74, 6) is 1.59. The largest absolute Gasteiger partial charge is 0.504 e. The van der Waals surface area contributed by atoms with Crippen LogP contribution in [-0.4, -0.2) is 39.1 Å². The Morgan fingerprint density at radius 3 is 2.09 bits per heavy atom. The molecule has 2 aromatic rings. The Bertz CT molecular complexity index is 878. The predicted molar refractivity (Wildman–Crippen MR) is 143 cm³/mol. The van der Waals surface area contributed by atoms with Crippen molar-refractivity contribution >= 4 is 0 Å². The van der Waals surface area contributed by atoms with Gasteiger partial charge in [0, 0.05) is 11.1 Å². The number of aromatic hydroxyl groups is 1. The molecule has 35 heavy (non-hydrogen) atoms. The van der Waals surface area contributed by atoms with Gasteiger partial charge in [0.15, 0.2) is 11.5 Å². The Morgan fingerprint density at radius 1 is 0.800 bits per heavy atom. The van der Waals surface area contributed by atoms with Gasteiger partial charge >= 0.3 is 0 Å². The van der Waals surface area contributed by atoms with Crippen LogP contribution in [0.3, 0.4) is 0 Å². The van der Waals surface area contributed by atoms with Crippen molar-refractivity contribution < 1.29 is 24.1 Å². The fourth-order valence-corrected chi connectivity index (χ4v) is 4.62. The van der Waals surface area contributed by atoms with Crippen LogP contribution in [0.15, 0.2) is 43.0 Å². The number of phenols is 1. The monoisotopic (exact) mass is 484 g/mol. The maximum Gasteiger partial charge on any atom is 0.207 e. The Balaban J connectivity index is 2.19. The van der Waals surface area contributed by atoms with Gasteiger partial charge in [0.2, 0.25) is 11.5 Å². The molecule has 2 aromatic carbocycles. The second-order valence-electron chi connectivity index (χ2n) is 8.88. The number of hydrogen-bond donors (Lipinski definition) is 1. The van der Waals surface area contributed by atoms with Crippen molar-refractivity contribution in [2.45, 2.75) is 77.2 Å². The number of phenolic OH excluding ortho intramolecular Hbond substituents is 1. The van der Waals surface area contributed by atoms with Gasteiger partial charge in [0.25, 0.3) is 0 Å². The minimum absolute atomic E-state index is 0.156. The fraction of sp³-hybridized carbons (Fsp3) is 0.533. The first kappa shape index (κ1) is 28.6. The van der Waals surface area contributed by atoms with E-state index in [2.05, 4.69) is 37.8 Å². The molecule has 0 aromatic heterocycles. The molecule has 1 N–H and O–H groups in total. The molecule has 1 atom stereocenters. The van der Waals surface area contributed by atoms with E-state index >= 15 is 0 Å². The minimum atomic E-state index is 0.156. The first-order valence-electron chi connectivity index (χ1n) is 12.9. The smallest absolute Gasteiger partial charge is 0.207 e. The molecule has 0 radical (unpaired) electrons. The number of ether oxygens (including phenoxy) is 4. The summed E-state index contributed by atoms with van der Waals surface area (Å²) in [7, 11) is 4.77. The van der Waals surface area contributed by atoms with E-state index in [9.17, 15) is 5.11 Å². The zero-order valence-corrected chi connectivity index (χ0v) is 22.1. The Kier molecular flexibility index (Phi) is 13.1. The van der Waals surface area contributed by atoms with Gasteiger partial charge < -0.3 is 24.1 Å². The van der Waals surface area contributed by atoms with Crippen LogP contribution in [0, 0.1) is 0 Å². The summed E-state index contributed by atoms with van der Waals surface area (Å²) >= 11 is 0. The lowest BCUT2D eigenvalue weighted by Gasteiger charge is -2.22. The molecule has 0 saturated heterocycles. The Labute approximate surface area is 212 Å². The van der Waals surface area contributed by atoms with Crippen molar-refractivity contribution in [2.75, 3.05) is 27.9 Å². The van der Waals surface area contributed by atoms with Gasteiger partial charge in [-0.2, -0.15) is 0 Å². The number of unbranched alkanes of at least 4 members (excludes halogenated alkanes) is 2. The molecule has 5 nitrogen and oxygen atoms in total. The zero-order valence-electron chi connectivity index (χ0n) is 22.1. The van der Waals surface area contributed by atoms with E-state index < -0.39 is 0 Å². The maximum atomic E-state index is 11.1. The number of aryl methyl sites for hydroxylation is 1. The molecule has 0 aliphatic rings. The summed E-state index contributed by atoms with van der Waals surface area (Å²) in [6.07, 6.45) is 11.9. The van der Waals surface area contributed by atoms with Crippen LogP contribution >= 0.6 is 0 Å². The molecule has 5 heteroatoms. The highest BCUT2D eigenvalue weighted by Crippen LogP contribution is 2.50. The van der Waals surface area contributed by atoms with Crippen LogP contribution < -0.4 is 14.2 Å². The van der Waals surface area contributed by atoms with Crippen LogP contribution in [0.2, 0.25) is 0 Å². The van der Waals surface area contributed by atoms with Gasteiger partial charge in [-0.1, -0.05) is 62.6 Å². The predicted octanol–water partition coefficient (Wildman–Crippen LogP) is 7.07. The first-order valence-corrected chi connectivity index (χ1v) is 12.9. The first-order chi connectivity index (χ1) is 17.1. The van der Waals surface area contributed by atoms with E-state index in [0.717, 1.165) is 62.5 Å². The summed E-state index contributed by atoms with van der Waals surface area (Å²) in [6.45, 7) is 6.58. The van der Waals surface area contributed by atoms with Gasteiger partial charge in [-0.05, 0) is 50.5 Å². The van der Waals surface area contributed by atoms with Gasteiger partial charge in [0.1, 0.15) is 0 Å².